The molecule has 5 heteroatoms. The summed E-state index contributed by atoms with van der Waals surface area (Å²) < 4.78 is 5.77. The second kappa shape index (κ2) is 5.25. The minimum atomic E-state index is -0.897. The lowest BCUT2D eigenvalue weighted by Gasteiger charge is -2.29. The predicted octanol–water partition coefficient (Wildman–Crippen LogP) is 1.23. The number of rotatable bonds is 3. The van der Waals surface area contributed by atoms with Gasteiger partial charge in [0.15, 0.2) is 0 Å². The van der Waals surface area contributed by atoms with E-state index >= 15 is 0 Å². The molecule has 0 aliphatic carbocycles. The third-order valence-electron chi connectivity index (χ3n) is 4.04. The molecule has 2 atom stereocenters. The second-order valence-electron chi connectivity index (χ2n) is 5.35. The number of carboxylic acid groups (broad SMARTS) is 1. The first-order chi connectivity index (χ1) is 9.65. The van der Waals surface area contributed by atoms with E-state index in [0.717, 1.165) is 12.0 Å². The largest absolute Gasteiger partial charge is 0.481 e. The van der Waals surface area contributed by atoms with Gasteiger partial charge in [-0.1, -0.05) is 24.3 Å². The molecule has 1 aromatic rings. The van der Waals surface area contributed by atoms with Crippen LogP contribution in [0.25, 0.3) is 0 Å². The molecule has 1 amide bonds. The van der Waals surface area contributed by atoms with Crippen LogP contribution in [0.5, 0.6) is 0 Å². The Morgan fingerprint density at radius 1 is 1.40 bits per heavy atom. The summed E-state index contributed by atoms with van der Waals surface area (Å²) in [7, 11) is 0. The van der Waals surface area contributed by atoms with E-state index in [-0.39, 0.29) is 25.0 Å². The molecule has 0 aromatic heterocycles. The second-order valence-corrected chi connectivity index (χ2v) is 5.35. The van der Waals surface area contributed by atoms with Crippen molar-refractivity contribution in [2.45, 2.75) is 18.9 Å². The van der Waals surface area contributed by atoms with Gasteiger partial charge >= 0.3 is 5.97 Å². The highest BCUT2D eigenvalue weighted by Gasteiger charge is 2.36. The zero-order chi connectivity index (χ0) is 14.1. The maximum atomic E-state index is 11.9. The van der Waals surface area contributed by atoms with Gasteiger partial charge in [0.2, 0.25) is 5.91 Å². The van der Waals surface area contributed by atoms with Gasteiger partial charge in [0, 0.05) is 13.0 Å². The van der Waals surface area contributed by atoms with Gasteiger partial charge in [0.1, 0.15) is 6.10 Å². The van der Waals surface area contributed by atoms with E-state index in [1.54, 1.807) is 4.90 Å². The standard InChI is InChI=1S/C15H17NO4/c17-14-7-11(15(18)19)8-16(14)9-13-12-4-2-1-3-10(12)5-6-20-13/h1-4,11,13H,5-9H2,(H,18,19). The number of hydrogen-bond donors (Lipinski definition) is 1. The van der Waals surface area contributed by atoms with Gasteiger partial charge < -0.3 is 14.7 Å². The van der Waals surface area contributed by atoms with E-state index in [2.05, 4.69) is 6.07 Å². The van der Waals surface area contributed by atoms with Crippen LogP contribution in [0.3, 0.4) is 0 Å². The molecule has 2 heterocycles. The number of aliphatic carboxylic acids is 1. The summed E-state index contributed by atoms with van der Waals surface area (Å²) in [6, 6.07) is 8.07. The van der Waals surface area contributed by atoms with E-state index in [4.69, 9.17) is 9.84 Å². The fourth-order valence-electron chi connectivity index (χ4n) is 2.94. The molecule has 20 heavy (non-hydrogen) atoms. The van der Waals surface area contributed by atoms with E-state index in [9.17, 15) is 9.59 Å². The highest BCUT2D eigenvalue weighted by Crippen LogP contribution is 2.29. The van der Waals surface area contributed by atoms with Crippen molar-refractivity contribution in [2.24, 2.45) is 5.92 Å². The number of benzene rings is 1. The molecule has 0 radical (unpaired) electrons. The topological polar surface area (TPSA) is 66.8 Å². The lowest BCUT2D eigenvalue weighted by molar-refractivity contribution is -0.141. The normalized spacial score (nSPS) is 25.6. The van der Waals surface area contributed by atoms with Crippen LogP contribution in [-0.4, -0.2) is 41.6 Å². The Balaban J connectivity index is 1.73. The summed E-state index contributed by atoms with van der Waals surface area (Å²) >= 11 is 0. The molecule has 0 saturated carbocycles. The molecule has 0 bridgehead atoms. The third-order valence-corrected chi connectivity index (χ3v) is 4.04. The first-order valence-electron chi connectivity index (χ1n) is 6.85. The SMILES string of the molecule is O=C(O)C1CC(=O)N(CC2OCCc3ccccc32)C1. The maximum Gasteiger partial charge on any atom is 0.308 e. The number of carbonyl (C=O) groups is 2. The molecule has 1 saturated heterocycles. The Morgan fingerprint density at radius 2 is 2.20 bits per heavy atom. The van der Waals surface area contributed by atoms with Gasteiger partial charge in [0.25, 0.3) is 0 Å². The summed E-state index contributed by atoms with van der Waals surface area (Å²) in [5.74, 6) is -1.57. The summed E-state index contributed by atoms with van der Waals surface area (Å²) in [4.78, 5) is 24.5. The number of carboxylic acids is 1. The van der Waals surface area contributed by atoms with Crippen molar-refractivity contribution in [3.05, 3.63) is 35.4 Å². The fraction of sp³-hybridized carbons (Fsp3) is 0.467. The Morgan fingerprint density at radius 3 is 2.95 bits per heavy atom. The van der Waals surface area contributed by atoms with Gasteiger partial charge in [-0.25, -0.2) is 0 Å². The molecule has 3 rings (SSSR count). The molecular weight excluding hydrogens is 258 g/mol. The van der Waals surface area contributed by atoms with Crippen LogP contribution in [0.2, 0.25) is 0 Å². The zero-order valence-electron chi connectivity index (χ0n) is 11.1. The minimum Gasteiger partial charge on any atom is -0.481 e. The fourth-order valence-corrected chi connectivity index (χ4v) is 2.94. The quantitative estimate of drug-likeness (QED) is 0.901. The van der Waals surface area contributed by atoms with Gasteiger partial charge in [-0.2, -0.15) is 0 Å². The van der Waals surface area contributed by atoms with E-state index in [1.807, 2.05) is 18.2 Å². The van der Waals surface area contributed by atoms with Crippen LogP contribution >= 0.6 is 0 Å². The molecule has 1 N–H and O–H groups in total. The van der Waals surface area contributed by atoms with Crippen molar-refractivity contribution in [1.29, 1.82) is 0 Å². The number of nitrogens with zero attached hydrogens (tertiary/aromatic N) is 1. The predicted molar refractivity (Wildman–Crippen MR) is 71.2 cm³/mol. The van der Waals surface area contributed by atoms with Gasteiger partial charge in [0.05, 0.1) is 19.1 Å². The lowest BCUT2D eigenvalue weighted by atomic mass is 9.97. The Kier molecular flexibility index (Phi) is 3.44. The highest BCUT2D eigenvalue weighted by atomic mass is 16.5. The summed E-state index contributed by atoms with van der Waals surface area (Å²) in [6.07, 6.45) is 0.846. The molecule has 5 nitrogen and oxygen atoms in total. The summed E-state index contributed by atoms with van der Waals surface area (Å²) in [6.45, 7) is 1.38. The zero-order valence-corrected chi connectivity index (χ0v) is 11.1. The first-order valence-corrected chi connectivity index (χ1v) is 6.85. The lowest BCUT2D eigenvalue weighted by Crippen LogP contribution is -2.33. The molecule has 0 spiro atoms. The van der Waals surface area contributed by atoms with Crippen LogP contribution in [0.4, 0.5) is 0 Å². The van der Waals surface area contributed by atoms with Gasteiger partial charge in [-0.3, -0.25) is 9.59 Å². The number of likely N-dealkylation sites (tertiary alicyclic amines) is 1. The van der Waals surface area contributed by atoms with E-state index < -0.39 is 11.9 Å². The number of fused-ring (bicyclic) bond motifs is 1. The third kappa shape index (κ3) is 2.41. The maximum absolute atomic E-state index is 11.9. The van der Waals surface area contributed by atoms with Crippen molar-refractivity contribution in [3.63, 3.8) is 0 Å². The smallest absolute Gasteiger partial charge is 0.308 e. The number of hydrogen-bond acceptors (Lipinski definition) is 3. The van der Waals surface area contributed by atoms with Crippen molar-refractivity contribution in [1.82, 2.24) is 4.90 Å². The highest BCUT2D eigenvalue weighted by molar-refractivity contribution is 5.86. The van der Waals surface area contributed by atoms with Crippen molar-refractivity contribution < 1.29 is 19.4 Å². The first kappa shape index (κ1) is 13.1. The van der Waals surface area contributed by atoms with Crippen molar-refractivity contribution in [2.75, 3.05) is 19.7 Å². The molecular formula is C15H17NO4. The number of amides is 1. The number of ether oxygens (including phenoxy) is 1. The Hall–Kier alpha value is -1.88. The van der Waals surface area contributed by atoms with Crippen molar-refractivity contribution >= 4 is 11.9 Å². The molecule has 1 aromatic carbocycles. The van der Waals surface area contributed by atoms with E-state index in [0.29, 0.717) is 13.2 Å². The number of carbonyl (C=O) groups excluding carboxylic acids is 1. The average molecular weight is 275 g/mol. The van der Waals surface area contributed by atoms with Crippen LogP contribution in [0, 0.1) is 5.92 Å². The summed E-state index contributed by atoms with van der Waals surface area (Å²) in [5.41, 5.74) is 2.37. The monoisotopic (exact) mass is 275 g/mol. The van der Waals surface area contributed by atoms with Crippen LogP contribution in [0.1, 0.15) is 23.7 Å². The molecule has 2 aliphatic rings. The molecule has 1 fully saturated rings. The Bertz CT molecular complexity index is 542. The molecule has 2 aliphatic heterocycles. The summed E-state index contributed by atoms with van der Waals surface area (Å²) in [5, 5.41) is 9.00. The van der Waals surface area contributed by atoms with Gasteiger partial charge in [-0.15, -0.1) is 0 Å². The molecule has 106 valence electrons. The van der Waals surface area contributed by atoms with E-state index in [1.165, 1.54) is 5.56 Å². The minimum absolute atomic E-state index is 0.0935. The van der Waals surface area contributed by atoms with Gasteiger partial charge in [-0.05, 0) is 17.5 Å². The van der Waals surface area contributed by atoms with Crippen LogP contribution in [-0.2, 0) is 20.7 Å². The average Bonchev–Trinajstić information content (AvgIpc) is 2.81. The van der Waals surface area contributed by atoms with Crippen LogP contribution in [0.15, 0.2) is 24.3 Å². The van der Waals surface area contributed by atoms with Crippen LogP contribution < -0.4 is 0 Å². The van der Waals surface area contributed by atoms with Crippen molar-refractivity contribution in [3.8, 4) is 0 Å². The Labute approximate surface area is 117 Å². The molecule has 2 unspecified atom stereocenters.